The molecule has 0 fully saturated rings. The van der Waals surface area contributed by atoms with Crippen LogP contribution >= 0.6 is 0 Å². The SMILES string of the molecule is [C-]#N.[C-]#N.[C-]#N.[Cs+].[Ni+2]. The fraction of sp³-hybridized carbons (Fsp3) is 0. The van der Waals surface area contributed by atoms with Gasteiger partial charge in [0.1, 0.15) is 0 Å². The Bertz CT molecular complexity index is 43.0. The molecule has 0 aromatic heterocycles. The fourth-order valence-electron chi connectivity index (χ4n) is 0. The van der Waals surface area contributed by atoms with Crippen molar-refractivity contribution in [2.45, 2.75) is 0 Å². The zero-order valence-corrected chi connectivity index (χ0v) is 11.4. The normalized spacial score (nSPS) is 0.750. The molecule has 8 heavy (non-hydrogen) atoms. The third-order valence-electron chi connectivity index (χ3n) is 0. The number of hydrogen-bond donors (Lipinski definition) is 0. The predicted octanol–water partition coefficient (Wildman–Crippen LogP) is -2.71. The van der Waals surface area contributed by atoms with Crippen LogP contribution < -0.4 is 68.9 Å². The Kier molecular flexibility index (Phi) is 1720. The smallest absolute Gasteiger partial charge is 0.512 e. The summed E-state index contributed by atoms with van der Waals surface area (Å²) in [4.78, 5) is 0. The van der Waals surface area contributed by atoms with Gasteiger partial charge in [0, 0.05) is 0 Å². The van der Waals surface area contributed by atoms with Crippen LogP contribution in [0.2, 0.25) is 0 Å². The van der Waals surface area contributed by atoms with Crippen LogP contribution in [0.25, 0.3) is 0 Å². The van der Waals surface area contributed by atoms with Crippen molar-refractivity contribution in [2.75, 3.05) is 0 Å². The molecule has 0 N–H and O–H groups in total. The monoisotopic (exact) mass is 269 g/mol. The van der Waals surface area contributed by atoms with Crippen molar-refractivity contribution in [2.24, 2.45) is 0 Å². The summed E-state index contributed by atoms with van der Waals surface area (Å²) in [5.41, 5.74) is 0. The first-order chi connectivity index (χ1) is 3.00. The van der Waals surface area contributed by atoms with E-state index in [0.29, 0.717) is 0 Å². The van der Waals surface area contributed by atoms with E-state index in [4.69, 9.17) is 35.5 Å². The molecule has 0 aliphatic heterocycles. The van der Waals surface area contributed by atoms with E-state index < -0.39 is 0 Å². The molecule has 5 heteroatoms. The van der Waals surface area contributed by atoms with Crippen LogP contribution in [0.1, 0.15) is 0 Å². The van der Waals surface area contributed by atoms with Crippen molar-refractivity contribution in [3.8, 4) is 0 Å². The summed E-state index contributed by atoms with van der Waals surface area (Å²) in [5, 5.41) is 18.8. The molecular formula is C3CsN3Ni. The zero-order valence-electron chi connectivity index (χ0n) is 4.16. The van der Waals surface area contributed by atoms with Gasteiger partial charge in [-0.15, -0.1) is 0 Å². The van der Waals surface area contributed by atoms with Crippen LogP contribution in [-0.4, -0.2) is 0 Å². The average molecular weight is 270 g/mol. The van der Waals surface area contributed by atoms with E-state index in [1.165, 1.54) is 0 Å². The number of nitrogens with zero attached hydrogens (tertiary/aromatic N) is 3. The van der Waals surface area contributed by atoms with E-state index in [0.717, 1.165) is 0 Å². The van der Waals surface area contributed by atoms with Crippen molar-refractivity contribution in [3.63, 3.8) is 0 Å². The Labute approximate surface area is 118 Å². The maximum absolute atomic E-state index is 6.25. The van der Waals surface area contributed by atoms with Crippen molar-refractivity contribution >= 4 is 0 Å². The molecule has 0 rings (SSSR count). The van der Waals surface area contributed by atoms with Gasteiger partial charge in [-0.2, -0.15) is 0 Å². The summed E-state index contributed by atoms with van der Waals surface area (Å²) in [6, 6.07) is 0. The molecule has 0 heterocycles. The van der Waals surface area contributed by atoms with Crippen molar-refractivity contribution < 1.29 is 85.4 Å². The van der Waals surface area contributed by atoms with Gasteiger partial charge in [0.05, 0.1) is 0 Å². The van der Waals surface area contributed by atoms with Gasteiger partial charge < -0.3 is 35.5 Å². The summed E-state index contributed by atoms with van der Waals surface area (Å²) >= 11 is 0. The summed E-state index contributed by atoms with van der Waals surface area (Å²) in [7, 11) is 0. The molecule has 0 saturated heterocycles. The van der Waals surface area contributed by atoms with Crippen molar-refractivity contribution in [1.29, 1.82) is 15.8 Å². The van der Waals surface area contributed by atoms with Gasteiger partial charge in [0.15, 0.2) is 0 Å². The topological polar surface area (TPSA) is 71.4 Å². The van der Waals surface area contributed by atoms with Gasteiger partial charge in [-0.05, 0) is 0 Å². The molecule has 0 aromatic rings. The Morgan fingerprint density at radius 3 is 0.625 bits per heavy atom. The molecule has 0 aromatic carbocycles. The molecule has 3 nitrogen and oxygen atoms in total. The Hall–Kier alpha value is 1.02. The molecule has 0 unspecified atom stereocenters. The average Bonchev–Trinajstić information content (AvgIpc) is 1.81. The van der Waals surface area contributed by atoms with Gasteiger partial charge in [-0.3, -0.25) is 0 Å². The molecule has 0 amide bonds. The van der Waals surface area contributed by atoms with Crippen LogP contribution in [0, 0.1) is 35.5 Å². The van der Waals surface area contributed by atoms with Crippen molar-refractivity contribution in [3.05, 3.63) is 19.7 Å². The van der Waals surface area contributed by atoms with Crippen LogP contribution in [0.4, 0.5) is 0 Å². The standard InChI is InChI=1S/3CN.Cs.Ni/c3*1-2;;/q3*-1;+1;+2. The first-order valence-corrected chi connectivity index (χ1v) is 0.671. The number of rotatable bonds is 0. The zero-order chi connectivity index (χ0) is 6.00. The molecule has 0 bridgehead atoms. The second-order valence-electron chi connectivity index (χ2n) is 0. The van der Waals surface area contributed by atoms with Crippen LogP contribution in [-0.2, 0) is 16.5 Å². The molecular weight excluding hydrogens is 270 g/mol. The van der Waals surface area contributed by atoms with Gasteiger partial charge >= 0.3 is 85.4 Å². The minimum absolute atomic E-state index is 0. The maximum Gasteiger partial charge on any atom is 2.00 e. The van der Waals surface area contributed by atoms with E-state index in [1.54, 1.807) is 0 Å². The van der Waals surface area contributed by atoms with Gasteiger partial charge in [-0.1, -0.05) is 0 Å². The maximum atomic E-state index is 6.25. The summed E-state index contributed by atoms with van der Waals surface area (Å²) < 4.78 is 0. The first kappa shape index (κ1) is 35.9. The van der Waals surface area contributed by atoms with Gasteiger partial charge in [-0.25, -0.2) is 0 Å². The van der Waals surface area contributed by atoms with E-state index in [2.05, 4.69) is 0 Å². The molecule has 0 aliphatic carbocycles. The second-order valence-corrected chi connectivity index (χ2v) is 0. The molecule has 0 saturated carbocycles. The quantitative estimate of drug-likeness (QED) is 0.355. The Morgan fingerprint density at radius 2 is 0.625 bits per heavy atom. The van der Waals surface area contributed by atoms with E-state index >= 15 is 0 Å². The second kappa shape index (κ2) is 383. The van der Waals surface area contributed by atoms with Crippen LogP contribution in [0.3, 0.4) is 0 Å². The number of hydrogen-bond acceptors (Lipinski definition) is 3. The molecule has 0 atom stereocenters. The van der Waals surface area contributed by atoms with Gasteiger partial charge in [0.2, 0.25) is 0 Å². The first-order valence-electron chi connectivity index (χ1n) is 0.671. The Morgan fingerprint density at radius 1 is 0.625 bits per heavy atom. The van der Waals surface area contributed by atoms with E-state index in [1.807, 2.05) is 0 Å². The summed E-state index contributed by atoms with van der Waals surface area (Å²) in [5.74, 6) is 0. The van der Waals surface area contributed by atoms with Crippen molar-refractivity contribution in [1.82, 2.24) is 0 Å². The Balaban J connectivity index is -0.00000000500. The predicted molar refractivity (Wildman–Crippen MR) is 14.9 cm³/mol. The van der Waals surface area contributed by atoms with Gasteiger partial charge in [0.25, 0.3) is 0 Å². The van der Waals surface area contributed by atoms with E-state index in [-0.39, 0.29) is 85.4 Å². The van der Waals surface area contributed by atoms with E-state index in [9.17, 15) is 0 Å². The largest absolute Gasteiger partial charge is 2.00 e. The molecule has 38 valence electrons. The summed E-state index contributed by atoms with van der Waals surface area (Å²) in [6.07, 6.45) is 0. The third kappa shape index (κ3) is 246. The van der Waals surface area contributed by atoms with Crippen LogP contribution in [0.15, 0.2) is 0 Å². The molecule has 0 radical (unpaired) electrons. The fourth-order valence-corrected chi connectivity index (χ4v) is 0. The third-order valence-corrected chi connectivity index (χ3v) is 0. The molecule has 0 aliphatic rings. The van der Waals surface area contributed by atoms with Crippen LogP contribution in [0.5, 0.6) is 0 Å². The minimum atomic E-state index is 0. The molecule has 0 spiro atoms. The summed E-state index contributed by atoms with van der Waals surface area (Å²) in [6.45, 7) is 14.2. The minimum Gasteiger partial charge on any atom is -0.512 e.